The molecule has 1 saturated carbocycles. The number of nitrogens with one attached hydrogen (secondary N) is 1. The van der Waals surface area contributed by atoms with Crippen LogP contribution in [0.25, 0.3) is 0 Å². The molecule has 1 aromatic carbocycles. The molecule has 0 bridgehead atoms. The zero-order valence-corrected chi connectivity index (χ0v) is 13.0. The van der Waals surface area contributed by atoms with E-state index in [2.05, 4.69) is 5.32 Å². The first-order chi connectivity index (χ1) is 11.2. The Morgan fingerprint density at radius 2 is 1.96 bits per heavy atom. The van der Waals surface area contributed by atoms with E-state index in [4.69, 9.17) is 14.2 Å². The second kappa shape index (κ2) is 7.46. The van der Waals surface area contributed by atoms with Gasteiger partial charge in [0.05, 0.1) is 11.7 Å². The summed E-state index contributed by atoms with van der Waals surface area (Å²) in [5.41, 5.74) is 0.397. The number of amides is 1. The molecule has 1 aliphatic carbocycles. The molecule has 0 radical (unpaired) electrons. The molecule has 124 valence electrons. The number of hydrogen-bond acceptors (Lipinski definition) is 5. The van der Waals surface area contributed by atoms with Crippen molar-refractivity contribution in [1.29, 1.82) is 0 Å². The summed E-state index contributed by atoms with van der Waals surface area (Å²) >= 11 is 0. The fourth-order valence-corrected chi connectivity index (χ4v) is 2.36. The number of rotatable bonds is 7. The van der Waals surface area contributed by atoms with Crippen molar-refractivity contribution in [3.05, 3.63) is 29.8 Å². The first-order valence-corrected chi connectivity index (χ1v) is 8.01. The third kappa shape index (κ3) is 4.96. The molecule has 3 rings (SSSR count). The largest absolute Gasteiger partial charge is 0.491 e. The van der Waals surface area contributed by atoms with Gasteiger partial charge < -0.3 is 19.5 Å². The van der Waals surface area contributed by atoms with Gasteiger partial charge in [-0.3, -0.25) is 4.79 Å². The maximum atomic E-state index is 11.9. The second-order valence-electron chi connectivity index (χ2n) is 5.89. The summed E-state index contributed by atoms with van der Waals surface area (Å²) in [7, 11) is 0. The normalized spacial score (nSPS) is 20.1. The minimum Gasteiger partial charge on any atom is -0.491 e. The molecule has 0 spiro atoms. The Morgan fingerprint density at radius 3 is 2.61 bits per heavy atom. The number of carbonyl (C=O) groups excluding carboxylic acids is 2. The van der Waals surface area contributed by atoms with Gasteiger partial charge in [-0.1, -0.05) is 0 Å². The van der Waals surface area contributed by atoms with Crippen molar-refractivity contribution in [2.45, 2.75) is 37.8 Å². The van der Waals surface area contributed by atoms with Crippen LogP contribution in [0, 0.1) is 0 Å². The van der Waals surface area contributed by atoms with Crippen LogP contribution < -0.4 is 10.1 Å². The standard InChI is InChI=1S/C17H21NO5/c19-16(18-13-5-6-13)11-23-17(20)12-3-7-14(8-4-12)22-10-15-2-1-9-21-15/h3-4,7-8,13,15H,1-2,5-6,9-11H2,(H,18,19). The molecule has 1 aliphatic heterocycles. The lowest BCUT2D eigenvalue weighted by molar-refractivity contribution is -0.124. The molecular formula is C17H21NO5. The van der Waals surface area contributed by atoms with Crippen molar-refractivity contribution >= 4 is 11.9 Å². The minimum absolute atomic E-state index is 0.157. The van der Waals surface area contributed by atoms with E-state index in [1.165, 1.54) is 0 Å². The molecular weight excluding hydrogens is 298 g/mol. The van der Waals surface area contributed by atoms with E-state index in [9.17, 15) is 9.59 Å². The monoisotopic (exact) mass is 319 g/mol. The maximum Gasteiger partial charge on any atom is 0.338 e. The van der Waals surface area contributed by atoms with Gasteiger partial charge in [-0.25, -0.2) is 4.79 Å². The van der Waals surface area contributed by atoms with Crippen LogP contribution in [-0.2, 0) is 14.3 Å². The van der Waals surface area contributed by atoms with E-state index >= 15 is 0 Å². The fraction of sp³-hybridized carbons (Fsp3) is 0.529. The summed E-state index contributed by atoms with van der Waals surface area (Å²) in [5, 5.41) is 2.77. The summed E-state index contributed by atoms with van der Waals surface area (Å²) in [5.74, 6) is -0.0810. The molecule has 2 aliphatic rings. The van der Waals surface area contributed by atoms with Crippen LogP contribution in [0.1, 0.15) is 36.0 Å². The van der Waals surface area contributed by atoms with Gasteiger partial charge >= 0.3 is 5.97 Å². The van der Waals surface area contributed by atoms with Crippen molar-refractivity contribution in [2.75, 3.05) is 19.8 Å². The Morgan fingerprint density at radius 1 is 1.17 bits per heavy atom. The molecule has 1 heterocycles. The molecule has 1 atom stereocenters. The lowest BCUT2D eigenvalue weighted by atomic mass is 10.2. The maximum absolute atomic E-state index is 11.9. The first kappa shape index (κ1) is 15.8. The Labute approximate surface area is 135 Å². The van der Waals surface area contributed by atoms with Crippen LogP contribution >= 0.6 is 0 Å². The van der Waals surface area contributed by atoms with Crippen LogP contribution in [0.15, 0.2) is 24.3 Å². The summed E-state index contributed by atoms with van der Waals surface area (Å²) in [4.78, 5) is 23.3. The van der Waals surface area contributed by atoms with E-state index < -0.39 is 5.97 Å². The molecule has 1 saturated heterocycles. The predicted octanol–water partition coefficient (Wildman–Crippen LogP) is 1.68. The highest BCUT2D eigenvalue weighted by Crippen LogP contribution is 2.19. The van der Waals surface area contributed by atoms with Crippen LogP contribution in [0.2, 0.25) is 0 Å². The second-order valence-corrected chi connectivity index (χ2v) is 5.89. The van der Waals surface area contributed by atoms with Gasteiger partial charge in [0.25, 0.3) is 5.91 Å². The third-order valence-corrected chi connectivity index (χ3v) is 3.83. The van der Waals surface area contributed by atoms with E-state index in [0.717, 1.165) is 32.3 Å². The van der Waals surface area contributed by atoms with Gasteiger partial charge in [-0.2, -0.15) is 0 Å². The number of esters is 1. The highest BCUT2D eigenvalue weighted by molar-refractivity contribution is 5.91. The van der Waals surface area contributed by atoms with E-state index in [1.807, 2.05) is 0 Å². The molecule has 1 N–H and O–H groups in total. The smallest absolute Gasteiger partial charge is 0.338 e. The zero-order valence-electron chi connectivity index (χ0n) is 13.0. The molecule has 1 aromatic rings. The molecule has 6 nitrogen and oxygen atoms in total. The van der Waals surface area contributed by atoms with Crippen LogP contribution in [0.3, 0.4) is 0 Å². The fourth-order valence-electron chi connectivity index (χ4n) is 2.36. The summed E-state index contributed by atoms with van der Waals surface area (Å²) < 4.78 is 16.1. The average Bonchev–Trinajstić information content (AvgIpc) is 3.22. The highest BCUT2D eigenvalue weighted by Gasteiger charge is 2.23. The SMILES string of the molecule is O=C(COC(=O)c1ccc(OCC2CCCO2)cc1)NC1CC1. The van der Waals surface area contributed by atoms with Crippen LogP contribution in [0.4, 0.5) is 0 Å². The van der Waals surface area contributed by atoms with E-state index in [-0.39, 0.29) is 24.7 Å². The molecule has 1 amide bonds. The lowest BCUT2D eigenvalue weighted by Gasteiger charge is -2.11. The van der Waals surface area contributed by atoms with Gasteiger partial charge in [0.15, 0.2) is 6.61 Å². The summed E-state index contributed by atoms with van der Waals surface area (Å²) in [6.45, 7) is 1.07. The Kier molecular flexibility index (Phi) is 5.12. The molecule has 1 unspecified atom stereocenters. The van der Waals surface area contributed by atoms with Crippen LogP contribution in [0.5, 0.6) is 5.75 Å². The lowest BCUT2D eigenvalue weighted by Crippen LogP contribution is -2.30. The van der Waals surface area contributed by atoms with Crippen molar-refractivity contribution in [2.24, 2.45) is 0 Å². The summed E-state index contributed by atoms with van der Waals surface area (Å²) in [6.07, 6.45) is 4.27. The average molecular weight is 319 g/mol. The molecule has 0 aromatic heterocycles. The van der Waals surface area contributed by atoms with Crippen molar-refractivity contribution in [3.8, 4) is 5.75 Å². The van der Waals surface area contributed by atoms with Crippen molar-refractivity contribution in [1.82, 2.24) is 5.32 Å². The number of hydrogen-bond donors (Lipinski definition) is 1. The van der Waals surface area contributed by atoms with Gasteiger partial charge in [0.1, 0.15) is 12.4 Å². The van der Waals surface area contributed by atoms with Gasteiger partial charge in [0, 0.05) is 12.6 Å². The highest BCUT2D eigenvalue weighted by atomic mass is 16.5. The van der Waals surface area contributed by atoms with Crippen LogP contribution in [-0.4, -0.2) is 43.8 Å². The Balaban J connectivity index is 1.41. The van der Waals surface area contributed by atoms with E-state index in [0.29, 0.717) is 17.9 Å². The third-order valence-electron chi connectivity index (χ3n) is 3.83. The minimum atomic E-state index is -0.512. The van der Waals surface area contributed by atoms with Gasteiger partial charge in [0.2, 0.25) is 0 Å². The quantitative estimate of drug-likeness (QED) is 0.774. The molecule has 2 fully saturated rings. The van der Waals surface area contributed by atoms with Gasteiger partial charge in [-0.15, -0.1) is 0 Å². The Bertz CT molecular complexity index is 547. The number of benzene rings is 1. The Hall–Kier alpha value is -2.08. The first-order valence-electron chi connectivity index (χ1n) is 8.01. The molecule has 23 heavy (non-hydrogen) atoms. The van der Waals surface area contributed by atoms with Gasteiger partial charge in [-0.05, 0) is 49.9 Å². The number of ether oxygens (including phenoxy) is 3. The summed E-state index contributed by atoms with van der Waals surface area (Å²) in [6, 6.07) is 6.96. The van der Waals surface area contributed by atoms with Crippen molar-refractivity contribution < 1.29 is 23.8 Å². The molecule has 6 heteroatoms. The van der Waals surface area contributed by atoms with E-state index in [1.54, 1.807) is 24.3 Å². The topological polar surface area (TPSA) is 73.9 Å². The number of carbonyl (C=O) groups is 2. The zero-order chi connectivity index (χ0) is 16.1. The van der Waals surface area contributed by atoms with Crippen molar-refractivity contribution in [3.63, 3.8) is 0 Å². The predicted molar refractivity (Wildman–Crippen MR) is 82.4 cm³/mol.